The van der Waals surface area contributed by atoms with Crippen molar-refractivity contribution in [2.75, 3.05) is 26.0 Å². The van der Waals surface area contributed by atoms with E-state index >= 15 is 0 Å². The average Bonchev–Trinajstić information content (AvgIpc) is 3.19. The topological polar surface area (TPSA) is 131 Å². The third kappa shape index (κ3) is 4.59. The monoisotopic (exact) mass is 462 g/mol. The molecule has 0 saturated heterocycles. The Morgan fingerprint density at radius 2 is 1.62 bits per heavy atom. The number of alkyl carbamates (subject to hydrolysis) is 1. The lowest BCUT2D eigenvalue weighted by molar-refractivity contribution is 0.0189. The van der Waals surface area contributed by atoms with Crippen LogP contribution in [0.15, 0.2) is 66.7 Å². The van der Waals surface area contributed by atoms with Crippen LogP contribution in [-0.2, 0) is 9.47 Å². The van der Waals surface area contributed by atoms with Crippen molar-refractivity contribution >= 4 is 17.7 Å². The maximum atomic E-state index is 12.3. The third-order valence-electron chi connectivity index (χ3n) is 5.99. The summed E-state index contributed by atoms with van der Waals surface area (Å²) in [4.78, 5) is 24.1. The van der Waals surface area contributed by atoms with Crippen molar-refractivity contribution in [3.8, 4) is 11.1 Å². The van der Waals surface area contributed by atoms with Gasteiger partial charge in [0.15, 0.2) is 0 Å². The minimum absolute atomic E-state index is 0.0884. The molecule has 0 aliphatic heterocycles. The first-order valence-electron chi connectivity index (χ1n) is 10.8. The van der Waals surface area contributed by atoms with Crippen LogP contribution in [-0.4, -0.2) is 48.6 Å². The van der Waals surface area contributed by atoms with Crippen LogP contribution < -0.4 is 11.1 Å². The standard InChI is InChI=1S/C26H26N2O6/c1-33-25(31)15-10-11-22(27)20(12-15)24(30)23(29)13-28-26(32)34-14-21-18-8-4-2-6-16(18)17-7-3-5-9-19(17)21/h2-12,21,23-24,29-30H,13-14,27H2,1H3,(H,28,32). The van der Waals surface area contributed by atoms with E-state index in [0.717, 1.165) is 22.3 Å². The van der Waals surface area contributed by atoms with E-state index < -0.39 is 24.3 Å². The number of rotatable bonds is 7. The maximum absolute atomic E-state index is 12.3. The Morgan fingerprint density at radius 3 is 2.24 bits per heavy atom. The first kappa shape index (κ1) is 23.3. The zero-order valence-electron chi connectivity index (χ0n) is 18.6. The van der Waals surface area contributed by atoms with E-state index in [1.807, 2.05) is 48.5 Å². The molecule has 0 saturated carbocycles. The molecule has 34 heavy (non-hydrogen) atoms. The Bertz CT molecular complexity index is 1170. The minimum atomic E-state index is -1.43. The van der Waals surface area contributed by atoms with Crippen LogP contribution in [0.4, 0.5) is 10.5 Å². The molecule has 2 atom stereocenters. The lowest BCUT2D eigenvalue weighted by Crippen LogP contribution is -2.36. The molecule has 1 amide bonds. The van der Waals surface area contributed by atoms with Gasteiger partial charge in [0.25, 0.3) is 0 Å². The number of amides is 1. The fourth-order valence-corrected chi connectivity index (χ4v) is 4.23. The van der Waals surface area contributed by atoms with E-state index in [1.54, 1.807) is 0 Å². The number of carbonyl (C=O) groups excluding carboxylic acids is 2. The molecule has 5 N–H and O–H groups in total. The number of esters is 1. The first-order chi connectivity index (χ1) is 16.4. The summed E-state index contributed by atoms with van der Waals surface area (Å²) < 4.78 is 10.1. The van der Waals surface area contributed by atoms with Gasteiger partial charge in [-0.25, -0.2) is 9.59 Å². The van der Waals surface area contributed by atoms with Gasteiger partial charge >= 0.3 is 12.1 Å². The lowest BCUT2D eigenvalue weighted by atomic mass is 9.98. The normalized spacial score (nSPS) is 14.0. The number of ether oxygens (including phenoxy) is 2. The van der Waals surface area contributed by atoms with E-state index in [-0.39, 0.29) is 35.9 Å². The predicted molar refractivity (Wildman–Crippen MR) is 126 cm³/mol. The molecule has 0 heterocycles. The van der Waals surface area contributed by atoms with Crippen LogP contribution in [0.5, 0.6) is 0 Å². The molecule has 0 radical (unpaired) electrons. The van der Waals surface area contributed by atoms with Crippen LogP contribution in [0.3, 0.4) is 0 Å². The van der Waals surface area contributed by atoms with Crippen molar-refractivity contribution in [2.45, 2.75) is 18.1 Å². The second-order valence-electron chi connectivity index (χ2n) is 8.05. The number of carbonyl (C=O) groups is 2. The highest BCUT2D eigenvalue weighted by Crippen LogP contribution is 2.44. The van der Waals surface area contributed by atoms with E-state index in [2.05, 4.69) is 10.1 Å². The fraction of sp³-hybridized carbons (Fsp3) is 0.231. The summed E-state index contributed by atoms with van der Waals surface area (Å²) >= 11 is 0. The molecule has 3 aromatic rings. The molecule has 2 unspecified atom stereocenters. The highest BCUT2D eigenvalue weighted by molar-refractivity contribution is 5.90. The largest absolute Gasteiger partial charge is 0.465 e. The average molecular weight is 463 g/mol. The number of nitrogens with one attached hydrogen (secondary N) is 1. The Hall–Kier alpha value is -3.88. The summed E-state index contributed by atoms with van der Waals surface area (Å²) in [5.74, 6) is -0.686. The van der Waals surface area contributed by atoms with Gasteiger partial charge in [0, 0.05) is 23.7 Å². The molecular formula is C26H26N2O6. The van der Waals surface area contributed by atoms with Crippen molar-refractivity contribution in [1.82, 2.24) is 5.32 Å². The van der Waals surface area contributed by atoms with Crippen molar-refractivity contribution < 1.29 is 29.3 Å². The zero-order valence-corrected chi connectivity index (χ0v) is 18.6. The molecule has 176 valence electrons. The molecule has 3 aromatic carbocycles. The van der Waals surface area contributed by atoms with Gasteiger partial charge in [-0.15, -0.1) is 0 Å². The summed E-state index contributed by atoms with van der Waals surface area (Å²) in [6.07, 6.45) is -3.53. The highest BCUT2D eigenvalue weighted by Gasteiger charge is 2.29. The number of anilines is 1. The number of nitrogen functional groups attached to an aromatic ring is 1. The molecule has 1 aliphatic rings. The number of aliphatic hydroxyl groups is 2. The fourth-order valence-electron chi connectivity index (χ4n) is 4.23. The number of methoxy groups -OCH3 is 1. The SMILES string of the molecule is COC(=O)c1ccc(N)c(C(O)C(O)CNC(=O)OCC2c3ccccc3-c3ccccc32)c1. The number of fused-ring (bicyclic) bond motifs is 3. The van der Waals surface area contributed by atoms with Gasteiger partial charge in [-0.3, -0.25) is 0 Å². The molecule has 0 spiro atoms. The molecule has 0 fully saturated rings. The molecular weight excluding hydrogens is 436 g/mol. The summed E-state index contributed by atoms with van der Waals surface area (Å²) in [5, 5.41) is 23.4. The molecule has 8 heteroatoms. The number of nitrogens with two attached hydrogens (primary N) is 1. The van der Waals surface area contributed by atoms with E-state index in [1.165, 1.54) is 25.3 Å². The van der Waals surface area contributed by atoms with Crippen molar-refractivity contribution in [3.05, 3.63) is 89.0 Å². The Labute approximate surface area is 196 Å². The maximum Gasteiger partial charge on any atom is 0.407 e. The number of hydrogen-bond donors (Lipinski definition) is 4. The van der Waals surface area contributed by atoms with Gasteiger partial charge in [0.1, 0.15) is 18.8 Å². The van der Waals surface area contributed by atoms with Gasteiger partial charge in [-0.05, 0) is 40.5 Å². The van der Waals surface area contributed by atoms with Crippen molar-refractivity contribution in [1.29, 1.82) is 0 Å². The summed E-state index contributed by atoms with van der Waals surface area (Å²) in [7, 11) is 1.24. The first-order valence-corrected chi connectivity index (χ1v) is 10.8. The van der Waals surface area contributed by atoms with Gasteiger partial charge in [-0.1, -0.05) is 48.5 Å². The van der Waals surface area contributed by atoms with Crippen molar-refractivity contribution in [3.63, 3.8) is 0 Å². The molecule has 8 nitrogen and oxygen atoms in total. The molecule has 1 aliphatic carbocycles. The van der Waals surface area contributed by atoms with E-state index in [9.17, 15) is 19.8 Å². The minimum Gasteiger partial charge on any atom is -0.465 e. The van der Waals surface area contributed by atoms with Gasteiger partial charge < -0.3 is 30.7 Å². The summed E-state index contributed by atoms with van der Waals surface area (Å²) in [6.45, 7) is -0.146. The van der Waals surface area contributed by atoms with Gasteiger partial charge in [0.05, 0.1) is 12.7 Å². The second-order valence-corrected chi connectivity index (χ2v) is 8.05. The lowest BCUT2D eigenvalue weighted by Gasteiger charge is -2.21. The van der Waals surface area contributed by atoms with E-state index in [4.69, 9.17) is 10.5 Å². The zero-order chi connectivity index (χ0) is 24.2. The second kappa shape index (κ2) is 9.94. The van der Waals surface area contributed by atoms with Crippen LogP contribution in [0, 0.1) is 0 Å². The summed E-state index contributed by atoms with van der Waals surface area (Å²) in [6, 6.07) is 20.3. The molecule has 0 bridgehead atoms. The van der Waals surface area contributed by atoms with E-state index in [0.29, 0.717) is 0 Å². The highest BCUT2D eigenvalue weighted by atomic mass is 16.5. The quantitative estimate of drug-likeness (QED) is 0.314. The van der Waals surface area contributed by atoms with Crippen LogP contribution in [0.2, 0.25) is 0 Å². The smallest absolute Gasteiger partial charge is 0.407 e. The van der Waals surface area contributed by atoms with Crippen molar-refractivity contribution in [2.24, 2.45) is 0 Å². The molecule has 4 rings (SSSR count). The Balaban J connectivity index is 1.36. The number of benzene rings is 3. The Morgan fingerprint density at radius 1 is 1.00 bits per heavy atom. The van der Waals surface area contributed by atoms with Crippen LogP contribution >= 0.6 is 0 Å². The van der Waals surface area contributed by atoms with Gasteiger partial charge in [-0.2, -0.15) is 0 Å². The number of aliphatic hydroxyl groups excluding tert-OH is 2. The number of hydrogen-bond acceptors (Lipinski definition) is 7. The van der Waals surface area contributed by atoms with Crippen LogP contribution in [0.25, 0.3) is 11.1 Å². The predicted octanol–water partition coefficient (Wildman–Crippen LogP) is 2.99. The summed E-state index contributed by atoms with van der Waals surface area (Å²) in [5.41, 5.74) is 10.8. The molecule has 0 aromatic heterocycles. The van der Waals surface area contributed by atoms with Gasteiger partial charge in [0.2, 0.25) is 0 Å². The third-order valence-corrected chi connectivity index (χ3v) is 5.99. The van der Waals surface area contributed by atoms with Crippen LogP contribution in [0.1, 0.15) is 39.1 Å². The Kier molecular flexibility index (Phi) is 6.81.